The fourth-order valence-corrected chi connectivity index (χ4v) is 3.05. The van der Waals surface area contributed by atoms with Gasteiger partial charge in [0.05, 0.1) is 6.42 Å². The number of carbonyl (C=O) groups excluding carboxylic acids is 2. The van der Waals surface area contributed by atoms with Crippen LogP contribution in [-0.4, -0.2) is 25.0 Å². The molecule has 122 valence electrons. The molecular formula is C18H17N3O3. The van der Waals surface area contributed by atoms with Gasteiger partial charge in [-0.3, -0.25) is 9.59 Å². The standard InChI is InChI=1S/C18H17N3O3/c22-17-9-14-13(2-1-3-15(14)21-17)18(23)20-12-4-5-16-11(8-12)10-19-6-7-24-16/h1-5,8,19H,6-7,9-10H2,(H,20,23)(H,21,22). The first kappa shape index (κ1) is 14.7. The zero-order valence-electron chi connectivity index (χ0n) is 13.0. The Kier molecular flexibility index (Phi) is 3.66. The Morgan fingerprint density at radius 3 is 3.04 bits per heavy atom. The Bertz CT molecular complexity index is 832. The van der Waals surface area contributed by atoms with Crippen LogP contribution in [0.1, 0.15) is 21.5 Å². The van der Waals surface area contributed by atoms with Crippen LogP contribution in [0.3, 0.4) is 0 Å². The van der Waals surface area contributed by atoms with Gasteiger partial charge in [-0.25, -0.2) is 0 Å². The molecule has 0 bridgehead atoms. The third-order valence-corrected chi connectivity index (χ3v) is 4.20. The molecule has 2 aromatic carbocycles. The Balaban J connectivity index is 1.58. The van der Waals surface area contributed by atoms with Crippen LogP contribution in [0.15, 0.2) is 36.4 Å². The van der Waals surface area contributed by atoms with Gasteiger partial charge in [0.15, 0.2) is 0 Å². The van der Waals surface area contributed by atoms with Crippen molar-refractivity contribution >= 4 is 23.2 Å². The lowest BCUT2D eigenvalue weighted by Gasteiger charge is -2.11. The number of hydrogen-bond acceptors (Lipinski definition) is 4. The number of amides is 2. The van der Waals surface area contributed by atoms with Crippen molar-refractivity contribution < 1.29 is 14.3 Å². The van der Waals surface area contributed by atoms with Gasteiger partial charge in [-0.2, -0.15) is 0 Å². The van der Waals surface area contributed by atoms with E-state index < -0.39 is 0 Å². The summed E-state index contributed by atoms with van der Waals surface area (Å²) in [6.45, 7) is 2.14. The number of nitrogens with one attached hydrogen (secondary N) is 3. The maximum Gasteiger partial charge on any atom is 0.256 e. The highest BCUT2D eigenvalue weighted by atomic mass is 16.5. The molecule has 2 aliphatic rings. The molecule has 6 heteroatoms. The van der Waals surface area contributed by atoms with Crippen LogP contribution in [0, 0.1) is 0 Å². The van der Waals surface area contributed by atoms with Crippen molar-refractivity contribution in [1.82, 2.24) is 5.32 Å². The van der Waals surface area contributed by atoms with Gasteiger partial charge in [0, 0.05) is 35.6 Å². The topological polar surface area (TPSA) is 79.5 Å². The molecule has 4 rings (SSSR count). The quantitative estimate of drug-likeness (QED) is 0.789. The summed E-state index contributed by atoms with van der Waals surface area (Å²) in [7, 11) is 0. The number of anilines is 2. The molecule has 0 radical (unpaired) electrons. The Morgan fingerprint density at radius 2 is 2.12 bits per heavy atom. The highest BCUT2D eigenvalue weighted by molar-refractivity contribution is 6.10. The van der Waals surface area contributed by atoms with Gasteiger partial charge in [-0.15, -0.1) is 0 Å². The number of ether oxygens (including phenoxy) is 1. The smallest absolute Gasteiger partial charge is 0.256 e. The van der Waals surface area contributed by atoms with Crippen LogP contribution >= 0.6 is 0 Å². The van der Waals surface area contributed by atoms with Gasteiger partial charge < -0.3 is 20.7 Å². The van der Waals surface area contributed by atoms with Crippen molar-refractivity contribution in [3.63, 3.8) is 0 Å². The highest BCUT2D eigenvalue weighted by Gasteiger charge is 2.23. The van der Waals surface area contributed by atoms with E-state index in [1.807, 2.05) is 24.3 Å². The maximum atomic E-state index is 12.6. The number of hydrogen-bond donors (Lipinski definition) is 3. The third kappa shape index (κ3) is 2.72. The van der Waals surface area contributed by atoms with E-state index in [0.29, 0.717) is 30.1 Å². The highest BCUT2D eigenvalue weighted by Crippen LogP contribution is 2.28. The van der Waals surface area contributed by atoms with E-state index in [-0.39, 0.29) is 18.2 Å². The Morgan fingerprint density at radius 1 is 1.21 bits per heavy atom. The van der Waals surface area contributed by atoms with Crippen molar-refractivity contribution in [2.75, 3.05) is 23.8 Å². The second-order valence-corrected chi connectivity index (χ2v) is 5.86. The summed E-state index contributed by atoms with van der Waals surface area (Å²) in [5.74, 6) is 0.540. The molecule has 0 saturated heterocycles. The molecule has 0 fully saturated rings. The molecule has 0 saturated carbocycles. The lowest BCUT2D eigenvalue weighted by atomic mass is 10.0. The molecule has 3 N–H and O–H groups in total. The largest absolute Gasteiger partial charge is 0.492 e. The minimum atomic E-state index is -0.217. The lowest BCUT2D eigenvalue weighted by molar-refractivity contribution is -0.115. The van der Waals surface area contributed by atoms with Gasteiger partial charge in [0.25, 0.3) is 5.91 Å². The first-order chi connectivity index (χ1) is 11.7. The summed E-state index contributed by atoms with van der Waals surface area (Å²) in [5.41, 5.74) is 3.71. The number of rotatable bonds is 2. The predicted octanol–water partition coefficient (Wildman–Crippen LogP) is 1.92. The van der Waals surface area contributed by atoms with E-state index in [9.17, 15) is 9.59 Å². The van der Waals surface area contributed by atoms with Crippen LogP contribution < -0.4 is 20.7 Å². The number of benzene rings is 2. The molecule has 0 aromatic heterocycles. The average Bonchev–Trinajstić information content (AvgIpc) is 2.80. The molecular weight excluding hydrogens is 306 g/mol. The predicted molar refractivity (Wildman–Crippen MR) is 90.4 cm³/mol. The van der Waals surface area contributed by atoms with Crippen LogP contribution in [-0.2, 0) is 17.8 Å². The van der Waals surface area contributed by atoms with E-state index in [1.165, 1.54) is 0 Å². The zero-order chi connectivity index (χ0) is 16.5. The van der Waals surface area contributed by atoms with Crippen molar-refractivity contribution in [1.29, 1.82) is 0 Å². The molecule has 2 heterocycles. The number of fused-ring (bicyclic) bond motifs is 2. The molecule has 2 aromatic rings. The van der Waals surface area contributed by atoms with E-state index in [1.54, 1.807) is 12.1 Å². The van der Waals surface area contributed by atoms with Crippen LogP contribution in [0.2, 0.25) is 0 Å². The Hall–Kier alpha value is -2.86. The fraction of sp³-hybridized carbons (Fsp3) is 0.222. The van der Waals surface area contributed by atoms with Gasteiger partial charge in [0.2, 0.25) is 5.91 Å². The second kappa shape index (κ2) is 5.98. The van der Waals surface area contributed by atoms with Crippen molar-refractivity contribution in [3.05, 3.63) is 53.1 Å². The third-order valence-electron chi connectivity index (χ3n) is 4.20. The molecule has 2 aliphatic heterocycles. The van der Waals surface area contributed by atoms with Crippen molar-refractivity contribution in [3.8, 4) is 5.75 Å². The molecule has 6 nitrogen and oxygen atoms in total. The fourth-order valence-electron chi connectivity index (χ4n) is 3.05. The van der Waals surface area contributed by atoms with Gasteiger partial charge in [-0.1, -0.05) is 6.07 Å². The molecule has 0 atom stereocenters. The Labute approximate surface area is 139 Å². The molecule has 0 unspecified atom stereocenters. The monoisotopic (exact) mass is 323 g/mol. The molecule has 24 heavy (non-hydrogen) atoms. The SMILES string of the molecule is O=C1Cc2c(cccc2C(=O)Nc2ccc3c(c2)CNCCO3)N1. The van der Waals surface area contributed by atoms with E-state index in [4.69, 9.17) is 4.74 Å². The molecule has 0 aliphatic carbocycles. The van der Waals surface area contributed by atoms with Crippen molar-refractivity contribution in [2.24, 2.45) is 0 Å². The second-order valence-electron chi connectivity index (χ2n) is 5.86. The summed E-state index contributed by atoms with van der Waals surface area (Å²) < 4.78 is 5.64. The summed E-state index contributed by atoms with van der Waals surface area (Å²) in [4.78, 5) is 24.2. The first-order valence-corrected chi connectivity index (χ1v) is 7.90. The molecule has 0 spiro atoms. The summed E-state index contributed by atoms with van der Waals surface area (Å²) >= 11 is 0. The van der Waals surface area contributed by atoms with E-state index in [2.05, 4.69) is 16.0 Å². The van der Waals surface area contributed by atoms with Crippen LogP contribution in [0.25, 0.3) is 0 Å². The van der Waals surface area contributed by atoms with E-state index in [0.717, 1.165) is 23.4 Å². The lowest BCUT2D eigenvalue weighted by Crippen LogP contribution is -2.16. The van der Waals surface area contributed by atoms with Crippen LogP contribution in [0.5, 0.6) is 5.75 Å². The first-order valence-electron chi connectivity index (χ1n) is 7.90. The number of carbonyl (C=O) groups is 2. The van der Waals surface area contributed by atoms with Crippen LogP contribution in [0.4, 0.5) is 11.4 Å². The minimum absolute atomic E-state index is 0.0847. The normalized spacial score (nSPS) is 15.6. The summed E-state index contributed by atoms with van der Waals surface area (Å²) in [5, 5.41) is 8.94. The zero-order valence-corrected chi connectivity index (χ0v) is 13.0. The van der Waals surface area contributed by atoms with Gasteiger partial charge >= 0.3 is 0 Å². The van der Waals surface area contributed by atoms with Gasteiger partial charge in [0.1, 0.15) is 12.4 Å². The maximum absolute atomic E-state index is 12.6. The molecule has 2 amide bonds. The minimum Gasteiger partial charge on any atom is -0.492 e. The summed E-state index contributed by atoms with van der Waals surface area (Å²) in [6, 6.07) is 10.9. The van der Waals surface area contributed by atoms with Crippen molar-refractivity contribution in [2.45, 2.75) is 13.0 Å². The average molecular weight is 323 g/mol. The summed E-state index contributed by atoms with van der Waals surface area (Å²) in [6.07, 6.45) is 0.237. The van der Waals surface area contributed by atoms with Gasteiger partial charge in [-0.05, 0) is 35.9 Å². The van der Waals surface area contributed by atoms with E-state index >= 15 is 0 Å².